The van der Waals surface area contributed by atoms with Crippen LogP contribution in [0.2, 0.25) is 0 Å². The minimum Gasteiger partial charge on any atom is -0.326 e. The van der Waals surface area contributed by atoms with Gasteiger partial charge in [-0.25, -0.2) is 0 Å². The molecule has 2 heteroatoms. The molecule has 0 nitrogen and oxygen atoms in total. The summed E-state index contributed by atoms with van der Waals surface area (Å²) in [6.07, 6.45) is 0. The maximum atomic E-state index is 5.16. The Bertz CT molecular complexity index is 11.6. The Morgan fingerprint density at radius 1 is 1.80 bits per heavy atom. The first-order valence-corrected chi connectivity index (χ1v) is 1.64. The van der Waals surface area contributed by atoms with Crippen molar-refractivity contribution in [1.82, 2.24) is 0 Å². The Kier molecular flexibility index (Phi) is 11.9. The van der Waals surface area contributed by atoms with Gasteiger partial charge in [0.2, 0.25) is 0 Å². The van der Waals surface area contributed by atoms with E-state index in [1.807, 2.05) is 6.92 Å². The van der Waals surface area contributed by atoms with E-state index in [0.717, 1.165) is 0 Å². The monoisotopic (exact) mass is 116 g/mol. The van der Waals surface area contributed by atoms with Crippen molar-refractivity contribution in [2.75, 3.05) is 0 Å². The number of halogens is 1. The van der Waals surface area contributed by atoms with E-state index < -0.39 is 0 Å². The second-order valence-corrected chi connectivity index (χ2v) is 1.53. The van der Waals surface area contributed by atoms with Crippen LogP contribution in [0, 0.1) is 6.92 Å². The van der Waals surface area contributed by atoms with Crippen LogP contribution in [0.4, 0.5) is 0 Å². The van der Waals surface area contributed by atoms with Crippen LogP contribution in [0.5, 0.6) is 0 Å². The molecule has 0 aliphatic heterocycles. The van der Waals surface area contributed by atoms with Crippen LogP contribution in [0.1, 0.15) is 6.92 Å². The number of rotatable bonds is 0. The number of hydrogen-bond donors (Lipinski definition) is 0. The van der Waals surface area contributed by atoms with Crippen LogP contribution in [0.15, 0.2) is 0 Å². The Balaban J connectivity index is 0. The van der Waals surface area contributed by atoms with Gasteiger partial charge in [0, 0.05) is 0 Å². The van der Waals surface area contributed by atoms with Crippen molar-refractivity contribution >= 4 is 11.6 Å². The molecule has 0 aromatic rings. The Labute approximate surface area is 80.7 Å². The Hall–Kier alpha value is 1.93. The standard InChI is InChI=1S/C3H6Cl.K/c1-3(2)4;/h3H,1H2,2H3;/q-1;+1. The van der Waals surface area contributed by atoms with Crippen molar-refractivity contribution in [2.45, 2.75) is 12.3 Å². The fraction of sp³-hybridized carbons (Fsp3) is 0.667. The van der Waals surface area contributed by atoms with Crippen molar-refractivity contribution in [3.05, 3.63) is 6.92 Å². The van der Waals surface area contributed by atoms with Crippen LogP contribution in [-0.4, -0.2) is 5.38 Å². The van der Waals surface area contributed by atoms with Gasteiger partial charge in [-0.15, -0.1) is 0 Å². The predicted molar refractivity (Wildman–Crippen MR) is 20.7 cm³/mol. The van der Waals surface area contributed by atoms with Crippen LogP contribution >= 0.6 is 11.6 Å². The van der Waals surface area contributed by atoms with Crippen molar-refractivity contribution in [1.29, 1.82) is 0 Å². The number of alkyl halides is 1. The van der Waals surface area contributed by atoms with Gasteiger partial charge in [0.25, 0.3) is 0 Å². The molecule has 0 rings (SSSR count). The molecule has 5 heavy (non-hydrogen) atoms. The molecule has 0 radical (unpaired) electrons. The third kappa shape index (κ3) is 24.6. The molecule has 0 saturated carbocycles. The van der Waals surface area contributed by atoms with E-state index >= 15 is 0 Å². The van der Waals surface area contributed by atoms with E-state index in [1.54, 1.807) is 0 Å². The molecule has 0 aliphatic carbocycles. The van der Waals surface area contributed by atoms with Gasteiger partial charge < -0.3 is 6.92 Å². The molecule has 0 aromatic carbocycles. The molecule has 1 atom stereocenters. The van der Waals surface area contributed by atoms with Gasteiger partial charge in [0.05, 0.1) is 0 Å². The van der Waals surface area contributed by atoms with Crippen LogP contribution in [0.3, 0.4) is 0 Å². The van der Waals surface area contributed by atoms with E-state index in [-0.39, 0.29) is 56.8 Å². The zero-order valence-corrected chi connectivity index (χ0v) is 7.54. The third-order valence-corrected chi connectivity index (χ3v) is 0. The molecule has 0 spiro atoms. The van der Waals surface area contributed by atoms with E-state index in [1.165, 1.54) is 0 Å². The molecule has 0 amide bonds. The normalized spacial score (nSPS) is 12.6. The zero-order valence-electron chi connectivity index (χ0n) is 3.66. The fourth-order valence-electron chi connectivity index (χ4n) is 0. The van der Waals surface area contributed by atoms with Gasteiger partial charge in [-0.05, 0) is 0 Å². The molecule has 0 saturated heterocycles. The fourth-order valence-corrected chi connectivity index (χ4v) is 0. The molecule has 26 valence electrons. The summed E-state index contributed by atoms with van der Waals surface area (Å²) >= 11 is 5.16. The second-order valence-electron chi connectivity index (χ2n) is 0.781. The van der Waals surface area contributed by atoms with Gasteiger partial charge in [0.1, 0.15) is 0 Å². The zero-order chi connectivity index (χ0) is 3.58. The minimum absolute atomic E-state index is 0. The summed E-state index contributed by atoms with van der Waals surface area (Å²) in [4.78, 5) is 0. The van der Waals surface area contributed by atoms with Gasteiger partial charge in [-0.2, -0.15) is 11.6 Å². The topological polar surface area (TPSA) is 0 Å². The second kappa shape index (κ2) is 5.93. The van der Waals surface area contributed by atoms with Gasteiger partial charge >= 0.3 is 51.4 Å². The minimum atomic E-state index is 0. The van der Waals surface area contributed by atoms with E-state index in [4.69, 9.17) is 11.6 Å². The first kappa shape index (κ1) is 10.0. The molecule has 0 heterocycles. The van der Waals surface area contributed by atoms with Crippen molar-refractivity contribution in [3.8, 4) is 0 Å². The van der Waals surface area contributed by atoms with Crippen LogP contribution < -0.4 is 51.4 Å². The molecule has 0 fully saturated rings. The Morgan fingerprint density at radius 2 is 1.80 bits per heavy atom. The first-order valence-electron chi connectivity index (χ1n) is 1.20. The predicted octanol–water partition coefficient (Wildman–Crippen LogP) is -1.55. The molecule has 0 aromatic heterocycles. The summed E-state index contributed by atoms with van der Waals surface area (Å²) in [7, 11) is 0. The summed E-state index contributed by atoms with van der Waals surface area (Å²) in [5.74, 6) is 0. The summed E-state index contributed by atoms with van der Waals surface area (Å²) in [6, 6.07) is 0. The molecule has 0 bridgehead atoms. The molecule has 0 aliphatic rings. The van der Waals surface area contributed by atoms with Crippen molar-refractivity contribution in [2.24, 2.45) is 0 Å². The third-order valence-electron chi connectivity index (χ3n) is 0. The summed E-state index contributed by atoms with van der Waals surface area (Å²) in [5.41, 5.74) is 0. The summed E-state index contributed by atoms with van der Waals surface area (Å²) in [5, 5.41) is 0.0556. The molecule has 0 N–H and O–H groups in total. The van der Waals surface area contributed by atoms with Crippen LogP contribution in [0.25, 0.3) is 0 Å². The van der Waals surface area contributed by atoms with E-state index in [9.17, 15) is 0 Å². The molecular weight excluding hydrogens is 111 g/mol. The largest absolute Gasteiger partial charge is 1.00 e. The van der Waals surface area contributed by atoms with E-state index in [0.29, 0.717) is 0 Å². The summed E-state index contributed by atoms with van der Waals surface area (Å²) in [6.45, 7) is 5.23. The smallest absolute Gasteiger partial charge is 0.326 e. The summed E-state index contributed by atoms with van der Waals surface area (Å²) < 4.78 is 0. The number of hydrogen-bond acceptors (Lipinski definition) is 0. The van der Waals surface area contributed by atoms with Crippen molar-refractivity contribution < 1.29 is 51.4 Å². The maximum Gasteiger partial charge on any atom is 1.00 e. The quantitative estimate of drug-likeness (QED) is 0.204. The van der Waals surface area contributed by atoms with Gasteiger partial charge in [-0.3, -0.25) is 0 Å². The first-order chi connectivity index (χ1) is 1.73. The van der Waals surface area contributed by atoms with Crippen molar-refractivity contribution in [3.63, 3.8) is 0 Å². The average Bonchev–Trinajstić information content (AvgIpc) is 0.811. The van der Waals surface area contributed by atoms with Gasteiger partial charge in [0.15, 0.2) is 0 Å². The maximum absolute atomic E-state index is 5.16. The van der Waals surface area contributed by atoms with E-state index in [2.05, 4.69) is 6.92 Å². The average molecular weight is 117 g/mol. The van der Waals surface area contributed by atoms with Gasteiger partial charge in [-0.1, -0.05) is 12.3 Å². The SMILES string of the molecule is [CH2-]C(C)Cl.[K+]. The molecular formula is C3H6ClK. The Morgan fingerprint density at radius 3 is 1.80 bits per heavy atom. The molecule has 1 unspecified atom stereocenters. The van der Waals surface area contributed by atoms with Crippen LogP contribution in [-0.2, 0) is 0 Å².